The molecule has 0 bridgehead atoms. The average molecular weight is 348 g/mol. The Morgan fingerprint density at radius 2 is 1.96 bits per heavy atom. The molecule has 1 aliphatic rings. The highest BCUT2D eigenvalue weighted by atomic mass is 16.5. The number of aliphatic carboxylic acids is 1. The van der Waals surface area contributed by atoms with Crippen LogP contribution in [0, 0.1) is 5.41 Å². The van der Waals surface area contributed by atoms with Gasteiger partial charge in [-0.05, 0) is 25.8 Å². The van der Waals surface area contributed by atoms with Crippen molar-refractivity contribution in [2.75, 3.05) is 13.2 Å². The van der Waals surface area contributed by atoms with Crippen molar-refractivity contribution in [1.82, 2.24) is 10.6 Å². The van der Waals surface area contributed by atoms with E-state index in [1.54, 1.807) is 12.1 Å². The second kappa shape index (κ2) is 8.00. The van der Waals surface area contributed by atoms with Gasteiger partial charge in [-0.15, -0.1) is 0 Å². The Bertz CT molecular complexity index is 655. The number of carbonyl (C=O) groups is 3. The zero-order valence-electron chi connectivity index (χ0n) is 14.5. The van der Waals surface area contributed by atoms with Gasteiger partial charge in [0.2, 0.25) is 11.8 Å². The molecule has 1 saturated carbocycles. The van der Waals surface area contributed by atoms with Gasteiger partial charge in [-0.25, -0.2) is 0 Å². The van der Waals surface area contributed by atoms with Gasteiger partial charge in [0.15, 0.2) is 0 Å². The van der Waals surface area contributed by atoms with Crippen molar-refractivity contribution in [3.63, 3.8) is 0 Å². The Morgan fingerprint density at radius 1 is 1.28 bits per heavy atom. The van der Waals surface area contributed by atoms with Gasteiger partial charge in [-0.2, -0.15) is 0 Å². The van der Waals surface area contributed by atoms with Crippen molar-refractivity contribution >= 4 is 17.8 Å². The molecule has 0 heterocycles. The van der Waals surface area contributed by atoms with Crippen LogP contribution in [0.15, 0.2) is 24.3 Å². The molecule has 1 unspecified atom stereocenters. The predicted molar refractivity (Wildman–Crippen MR) is 91.1 cm³/mol. The lowest BCUT2D eigenvalue weighted by molar-refractivity contribution is -0.143. The number of hydrogen-bond donors (Lipinski definition) is 3. The van der Waals surface area contributed by atoms with E-state index in [1.165, 1.54) is 6.92 Å². The molecule has 3 N–H and O–H groups in total. The van der Waals surface area contributed by atoms with Crippen molar-refractivity contribution in [3.05, 3.63) is 29.8 Å². The van der Waals surface area contributed by atoms with Gasteiger partial charge in [-0.3, -0.25) is 14.4 Å². The minimum atomic E-state index is -0.882. The smallest absolute Gasteiger partial charge is 0.311 e. The van der Waals surface area contributed by atoms with Gasteiger partial charge in [-0.1, -0.05) is 18.2 Å². The molecule has 1 aromatic carbocycles. The minimum absolute atomic E-state index is 0.0133. The molecule has 1 atom stereocenters. The van der Waals surface area contributed by atoms with Crippen molar-refractivity contribution in [1.29, 1.82) is 0 Å². The molecule has 0 saturated heterocycles. The van der Waals surface area contributed by atoms with E-state index < -0.39 is 17.4 Å². The zero-order valence-corrected chi connectivity index (χ0v) is 14.5. The van der Waals surface area contributed by atoms with E-state index in [1.807, 2.05) is 19.1 Å². The van der Waals surface area contributed by atoms with Crippen molar-refractivity contribution in [2.45, 2.75) is 39.2 Å². The average Bonchev–Trinajstić information content (AvgIpc) is 3.34. The van der Waals surface area contributed by atoms with Crippen molar-refractivity contribution in [3.8, 4) is 5.75 Å². The van der Waals surface area contributed by atoms with Gasteiger partial charge >= 0.3 is 5.97 Å². The normalized spacial score (nSPS) is 15.8. The molecule has 2 amide bonds. The minimum Gasteiger partial charge on any atom is -0.494 e. The Kier molecular flexibility index (Phi) is 6.01. The van der Waals surface area contributed by atoms with Crippen LogP contribution in [-0.2, 0) is 14.4 Å². The summed E-state index contributed by atoms with van der Waals surface area (Å²) in [6.45, 7) is 3.83. The molecule has 25 heavy (non-hydrogen) atoms. The first-order valence-electron chi connectivity index (χ1n) is 8.37. The predicted octanol–water partition coefficient (Wildman–Crippen LogP) is 1.63. The third-order valence-electron chi connectivity index (χ3n) is 4.29. The number of benzene rings is 1. The summed E-state index contributed by atoms with van der Waals surface area (Å²) in [7, 11) is 0. The number of hydrogen-bond acceptors (Lipinski definition) is 4. The highest BCUT2D eigenvalue weighted by Gasteiger charge is 2.50. The van der Waals surface area contributed by atoms with Crippen LogP contribution in [0.1, 0.15) is 44.7 Å². The summed E-state index contributed by atoms with van der Waals surface area (Å²) in [5.41, 5.74) is -0.100. The van der Waals surface area contributed by atoms with Crippen LogP contribution >= 0.6 is 0 Å². The molecule has 0 spiro atoms. The largest absolute Gasteiger partial charge is 0.494 e. The molecular weight excluding hydrogens is 324 g/mol. The highest BCUT2D eigenvalue weighted by Crippen LogP contribution is 2.45. The second-order valence-corrected chi connectivity index (χ2v) is 6.29. The maximum Gasteiger partial charge on any atom is 0.311 e. The number of carbonyl (C=O) groups excluding carboxylic acids is 2. The summed E-state index contributed by atoms with van der Waals surface area (Å²) < 4.78 is 5.58. The lowest BCUT2D eigenvalue weighted by Gasteiger charge is -2.21. The Balaban J connectivity index is 2.06. The maximum absolute atomic E-state index is 12.3. The fourth-order valence-electron chi connectivity index (χ4n) is 2.68. The maximum atomic E-state index is 12.3. The molecule has 0 radical (unpaired) electrons. The number of nitrogens with one attached hydrogen (secondary N) is 2. The van der Waals surface area contributed by atoms with Gasteiger partial charge in [0.25, 0.3) is 0 Å². The topological polar surface area (TPSA) is 105 Å². The first-order valence-corrected chi connectivity index (χ1v) is 8.37. The third-order valence-corrected chi connectivity index (χ3v) is 4.29. The molecule has 2 rings (SSSR count). The van der Waals surface area contributed by atoms with Gasteiger partial charge in [0, 0.05) is 19.0 Å². The van der Waals surface area contributed by atoms with Crippen molar-refractivity contribution in [2.24, 2.45) is 5.41 Å². The highest BCUT2D eigenvalue weighted by molar-refractivity contribution is 5.82. The van der Waals surface area contributed by atoms with Crippen LogP contribution in [0.25, 0.3) is 0 Å². The summed E-state index contributed by atoms with van der Waals surface area (Å²) in [5, 5.41) is 14.6. The van der Waals surface area contributed by atoms with Crippen LogP contribution in [-0.4, -0.2) is 36.0 Å². The number of rotatable bonds is 9. The van der Waals surface area contributed by atoms with Crippen LogP contribution in [0.4, 0.5) is 0 Å². The Morgan fingerprint density at radius 3 is 2.52 bits per heavy atom. The van der Waals surface area contributed by atoms with E-state index in [9.17, 15) is 14.4 Å². The van der Waals surface area contributed by atoms with Gasteiger partial charge < -0.3 is 20.5 Å². The van der Waals surface area contributed by atoms with Crippen LogP contribution in [0.5, 0.6) is 5.75 Å². The lowest BCUT2D eigenvalue weighted by atomic mass is 10.0. The first-order chi connectivity index (χ1) is 11.9. The summed E-state index contributed by atoms with van der Waals surface area (Å²) in [6, 6.07) is 6.69. The number of carboxylic acid groups (broad SMARTS) is 1. The van der Waals surface area contributed by atoms with Gasteiger partial charge in [0.1, 0.15) is 5.75 Å². The number of ether oxygens (including phenoxy) is 1. The third kappa shape index (κ3) is 4.95. The molecule has 0 aliphatic heterocycles. The zero-order chi connectivity index (χ0) is 18.4. The van der Waals surface area contributed by atoms with Crippen LogP contribution < -0.4 is 15.4 Å². The fraction of sp³-hybridized carbons (Fsp3) is 0.500. The summed E-state index contributed by atoms with van der Waals surface area (Å²) >= 11 is 0. The lowest BCUT2D eigenvalue weighted by Crippen LogP contribution is -2.37. The first kappa shape index (κ1) is 18.8. The molecule has 7 heteroatoms. The second-order valence-electron chi connectivity index (χ2n) is 6.29. The molecule has 136 valence electrons. The SMILES string of the molecule is CCOc1ccccc1C(CC(=O)NCC1(C(=O)O)CC1)NC(C)=O. The molecule has 7 nitrogen and oxygen atoms in total. The number of carboxylic acids is 1. The van der Waals surface area contributed by atoms with E-state index in [-0.39, 0.29) is 24.8 Å². The monoisotopic (exact) mass is 348 g/mol. The number of para-hydroxylation sites is 1. The van der Waals surface area contributed by atoms with Crippen molar-refractivity contribution < 1.29 is 24.2 Å². The quantitative estimate of drug-likeness (QED) is 0.629. The van der Waals surface area contributed by atoms with E-state index >= 15 is 0 Å². The molecular formula is C18H24N2O5. The Labute approximate surface area is 146 Å². The van der Waals surface area contributed by atoms with E-state index in [0.717, 1.165) is 0 Å². The van der Waals surface area contributed by atoms with E-state index in [4.69, 9.17) is 9.84 Å². The summed E-state index contributed by atoms with van der Waals surface area (Å²) in [5.74, 6) is -0.834. The standard InChI is InChI=1S/C18H24N2O5/c1-3-25-15-7-5-4-6-13(15)14(20-12(2)21)10-16(22)19-11-18(8-9-18)17(23)24/h4-7,14H,3,8-11H2,1-2H3,(H,19,22)(H,20,21)(H,23,24). The molecule has 1 aromatic rings. The van der Waals surface area contributed by atoms with E-state index in [0.29, 0.717) is 30.8 Å². The summed E-state index contributed by atoms with van der Waals surface area (Å²) in [4.78, 5) is 35.0. The van der Waals surface area contributed by atoms with Crippen LogP contribution in [0.2, 0.25) is 0 Å². The molecule has 1 aliphatic carbocycles. The number of amides is 2. The Hall–Kier alpha value is -2.57. The van der Waals surface area contributed by atoms with Crippen LogP contribution in [0.3, 0.4) is 0 Å². The molecule has 1 fully saturated rings. The van der Waals surface area contributed by atoms with Gasteiger partial charge in [0.05, 0.1) is 24.5 Å². The van der Waals surface area contributed by atoms with E-state index in [2.05, 4.69) is 10.6 Å². The fourth-order valence-corrected chi connectivity index (χ4v) is 2.68. The summed E-state index contributed by atoms with van der Waals surface area (Å²) in [6.07, 6.45) is 1.16. The molecule has 0 aromatic heterocycles.